The summed E-state index contributed by atoms with van der Waals surface area (Å²) in [5.41, 5.74) is 0. The number of halogens is 5. The van der Waals surface area contributed by atoms with E-state index in [1.54, 1.807) is 0 Å². The van der Waals surface area contributed by atoms with Crippen LogP contribution >= 0.6 is 0 Å². The quantitative estimate of drug-likeness (QED) is 0.469. The number of hydrogen-bond acceptors (Lipinski definition) is 1. The van der Waals surface area contributed by atoms with Crippen LogP contribution in [0.2, 0.25) is 0 Å². The first-order valence-corrected chi connectivity index (χ1v) is 11.6. The van der Waals surface area contributed by atoms with E-state index in [1.807, 2.05) is 0 Å². The molecular formula is C23H35F5O. The van der Waals surface area contributed by atoms with E-state index in [2.05, 4.69) is 6.92 Å². The summed E-state index contributed by atoms with van der Waals surface area (Å²) in [7, 11) is 0. The van der Waals surface area contributed by atoms with Crippen molar-refractivity contribution in [2.24, 2.45) is 41.4 Å². The van der Waals surface area contributed by atoms with Gasteiger partial charge in [0.1, 0.15) is 18.5 Å². The highest BCUT2D eigenvalue weighted by Gasteiger charge is 2.50. The first kappa shape index (κ1) is 21.8. The lowest BCUT2D eigenvalue weighted by atomic mass is 9.63. The first-order valence-electron chi connectivity index (χ1n) is 11.6. The van der Waals surface area contributed by atoms with Crippen LogP contribution < -0.4 is 0 Å². The average Bonchev–Trinajstić information content (AvgIpc) is 2.66. The van der Waals surface area contributed by atoms with Crippen LogP contribution in [0.4, 0.5) is 22.0 Å². The molecule has 1 saturated heterocycles. The lowest BCUT2D eigenvalue weighted by Gasteiger charge is -2.48. The number of alkyl halides is 5. The zero-order chi connectivity index (χ0) is 20.7. The molecule has 0 amide bonds. The van der Waals surface area contributed by atoms with Crippen LogP contribution in [-0.4, -0.2) is 37.7 Å². The Hall–Kier alpha value is -0.390. The molecule has 7 atom stereocenters. The summed E-state index contributed by atoms with van der Waals surface area (Å²) in [5, 5.41) is 0. The van der Waals surface area contributed by atoms with Crippen molar-refractivity contribution in [1.82, 2.24) is 0 Å². The maximum Gasteiger partial charge on any atom is 0.247 e. The van der Waals surface area contributed by atoms with E-state index in [0.717, 1.165) is 12.3 Å². The molecule has 0 aromatic heterocycles. The third-order valence-electron chi connectivity index (χ3n) is 8.67. The minimum absolute atomic E-state index is 0.0466. The second-order valence-electron chi connectivity index (χ2n) is 10.5. The summed E-state index contributed by atoms with van der Waals surface area (Å²) < 4.78 is 75.6. The third-order valence-corrected chi connectivity index (χ3v) is 8.67. The Balaban J connectivity index is 1.34. The monoisotopic (exact) mass is 422 g/mol. The molecule has 4 rings (SSSR count). The summed E-state index contributed by atoms with van der Waals surface area (Å²) in [5.74, 6) is -0.685. The van der Waals surface area contributed by atoms with Gasteiger partial charge in [-0.15, -0.1) is 0 Å². The Morgan fingerprint density at radius 1 is 0.690 bits per heavy atom. The van der Waals surface area contributed by atoms with Gasteiger partial charge in [-0.3, -0.25) is 0 Å². The summed E-state index contributed by atoms with van der Waals surface area (Å²) >= 11 is 0. The molecule has 0 aromatic carbocycles. The number of hydrogen-bond donors (Lipinski definition) is 0. The molecule has 0 radical (unpaired) electrons. The molecule has 0 aromatic rings. The fraction of sp³-hybridized carbons (Fsp3) is 1.00. The highest BCUT2D eigenvalue weighted by molar-refractivity contribution is 4.98. The zero-order valence-corrected chi connectivity index (χ0v) is 17.3. The molecule has 29 heavy (non-hydrogen) atoms. The summed E-state index contributed by atoms with van der Waals surface area (Å²) in [6, 6.07) is 0. The predicted molar refractivity (Wildman–Crippen MR) is 102 cm³/mol. The fourth-order valence-electron chi connectivity index (χ4n) is 6.83. The van der Waals surface area contributed by atoms with Crippen LogP contribution in [0.1, 0.15) is 64.7 Å². The van der Waals surface area contributed by atoms with Crippen molar-refractivity contribution in [3.63, 3.8) is 0 Å². The van der Waals surface area contributed by atoms with Gasteiger partial charge in [-0.1, -0.05) is 19.8 Å². The van der Waals surface area contributed by atoms with Gasteiger partial charge in [0.2, 0.25) is 6.43 Å². The molecule has 168 valence electrons. The van der Waals surface area contributed by atoms with Crippen molar-refractivity contribution in [2.45, 2.75) is 95.8 Å². The Labute approximate surface area is 171 Å². The van der Waals surface area contributed by atoms with Crippen LogP contribution in [0, 0.1) is 41.4 Å². The maximum atomic E-state index is 15.1. The van der Waals surface area contributed by atoms with E-state index in [-0.39, 0.29) is 24.9 Å². The molecule has 1 aliphatic heterocycles. The van der Waals surface area contributed by atoms with Crippen molar-refractivity contribution in [3.05, 3.63) is 0 Å². The Morgan fingerprint density at radius 2 is 1.31 bits per heavy atom. The van der Waals surface area contributed by atoms with Crippen LogP contribution in [0.5, 0.6) is 0 Å². The maximum absolute atomic E-state index is 15.1. The van der Waals surface area contributed by atoms with E-state index in [9.17, 15) is 17.6 Å². The molecule has 4 aliphatic rings. The lowest BCUT2D eigenvalue weighted by molar-refractivity contribution is -0.132. The van der Waals surface area contributed by atoms with E-state index in [1.165, 1.54) is 25.7 Å². The van der Waals surface area contributed by atoms with Crippen molar-refractivity contribution in [3.8, 4) is 0 Å². The highest BCUT2D eigenvalue weighted by atomic mass is 19.3. The van der Waals surface area contributed by atoms with Gasteiger partial charge in [-0.05, 0) is 80.5 Å². The predicted octanol–water partition coefficient (Wildman–Crippen LogP) is 6.55. The molecule has 0 N–H and O–H groups in total. The third kappa shape index (κ3) is 4.62. The van der Waals surface area contributed by atoms with Crippen molar-refractivity contribution in [2.75, 3.05) is 6.61 Å². The molecule has 3 aliphatic carbocycles. The van der Waals surface area contributed by atoms with Crippen LogP contribution in [-0.2, 0) is 4.74 Å². The minimum Gasteiger partial charge on any atom is -0.378 e. The van der Waals surface area contributed by atoms with Gasteiger partial charge in [0.15, 0.2) is 0 Å². The van der Waals surface area contributed by atoms with Crippen LogP contribution in [0.15, 0.2) is 0 Å². The molecule has 6 heteroatoms. The van der Waals surface area contributed by atoms with Gasteiger partial charge < -0.3 is 4.74 Å². The van der Waals surface area contributed by atoms with Crippen LogP contribution in [0.3, 0.4) is 0 Å². The van der Waals surface area contributed by atoms with Crippen molar-refractivity contribution >= 4 is 0 Å². The summed E-state index contributed by atoms with van der Waals surface area (Å²) in [4.78, 5) is 0. The molecule has 3 saturated carbocycles. The van der Waals surface area contributed by atoms with Crippen LogP contribution in [0.25, 0.3) is 0 Å². The van der Waals surface area contributed by atoms with Gasteiger partial charge in [-0.2, -0.15) is 0 Å². The number of rotatable bonds is 3. The van der Waals surface area contributed by atoms with E-state index in [0.29, 0.717) is 31.3 Å². The van der Waals surface area contributed by atoms with Gasteiger partial charge in [-0.25, -0.2) is 22.0 Å². The van der Waals surface area contributed by atoms with E-state index in [4.69, 9.17) is 4.74 Å². The van der Waals surface area contributed by atoms with Crippen molar-refractivity contribution < 1.29 is 26.7 Å². The van der Waals surface area contributed by atoms with Gasteiger partial charge in [0.05, 0.1) is 18.6 Å². The minimum atomic E-state index is -3.00. The second-order valence-corrected chi connectivity index (χ2v) is 10.5. The Bertz CT molecular complexity index is 525. The second kappa shape index (κ2) is 9.00. The highest BCUT2D eigenvalue weighted by Crippen LogP contribution is 2.49. The molecule has 4 fully saturated rings. The topological polar surface area (TPSA) is 9.23 Å². The zero-order valence-electron chi connectivity index (χ0n) is 17.3. The molecule has 1 nitrogen and oxygen atoms in total. The number of ether oxygens (including phenoxy) is 1. The summed E-state index contributed by atoms with van der Waals surface area (Å²) in [6.45, 7) is 3.01. The normalized spacial score (nSPS) is 51.6. The van der Waals surface area contributed by atoms with Gasteiger partial charge in [0.25, 0.3) is 0 Å². The molecule has 1 heterocycles. The lowest BCUT2D eigenvalue weighted by Crippen LogP contribution is -2.49. The average molecular weight is 423 g/mol. The molecule has 6 unspecified atom stereocenters. The molecule has 0 spiro atoms. The standard InChI is InChI=1S/C23H35F5O/c1-12-2-4-13(5-3-12)16-6-15-9-18(24)17(10-21(15)29-11-16)14-7-19(25)22(23(27)28)20(26)8-14/h12-23H,2-11H2,1H3/t12?,13?,14?,15?,16-,17?,18?,19?,20?,21?,22?/m1/s1. The molecular weight excluding hydrogens is 387 g/mol. The smallest absolute Gasteiger partial charge is 0.247 e. The van der Waals surface area contributed by atoms with Crippen molar-refractivity contribution in [1.29, 1.82) is 0 Å². The first-order chi connectivity index (χ1) is 13.8. The number of fused-ring (bicyclic) bond motifs is 1. The Kier molecular flexibility index (Phi) is 6.77. The van der Waals surface area contributed by atoms with E-state index >= 15 is 4.39 Å². The SMILES string of the molecule is CC1CCC([C@H]2COC3CC(C4CC(F)C(C(F)F)C(F)C4)C(F)CC3C2)CC1. The van der Waals surface area contributed by atoms with E-state index < -0.39 is 42.7 Å². The molecule has 0 bridgehead atoms. The fourth-order valence-corrected chi connectivity index (χ4v) is 6.83. The summed E-state index contributed by atoms with van der Waals surface area (Å²) in [6.07, 6.45) is -1.40. The largest absolute Gasteiger partial charge is 0.378 e. The van der Waals surface area contributed by atoms with Gasteiger partial charge >= 0.3 is 0 Å². The Morgan fingerprint density at radius 3 is 1.93 bits per heavy atom. The van der Waals surface area contributed by atoms with Gasteiger partial charge in [0, 0.05) is 0 Å².